The van der Waals surface area contributed by atoms with Crippen molar-refractivity contribution in [1.29, 1.82) is 0 Å². The number of nitrogens with two attached hydrogens (primary N) is 1. The summed E-state index contributed by atoms with van der Waals surface area (Å²) in [5.74, 6) is -2.55. The fraction of sp³-hybridized carbons (Fsp3) is 0.172. The van der Waals surface area contributed by atoms with Crippen molar-refractivity contribution in [3.8, 4) is 11.1 Å². The molecule has 4 atom stereocenters. The molecule has 10 aromatic rings. The number of para-hydroxylation sites is 4. The van der Waals surface area contributed by atoms with Crippen molar-refractivity contribution in [3.05, 3.63) is 204 Å². The standard InChI is InChI=1S/C58H52N8O5/c59-47(25-34-29-60-48-21-9-5-13-38(34)48)55(67)64-52(26-35-30-61-49-22-10-6-14-39(35)49)56(68)65-53(27-36-31-62-50-23-11-7-15-40(36)50)57(69)66-54(28-37-32-63-51-24-12-8-16-41(37)51)58(70)71-33-46-44-19-3-1-17-42(44)43-18-2-4-20-45(43)46/h1-24,29-32,46-47,52-54,60-63H,25-28,33,59H2,(H,64,67)(H,65,68)(H,66,69)/t47-,52-,53-,54-/m0/s1. The second-order valence-corrected chi connectivity index (χ2v) is 18.4. The molecule has 1 aliphatic rings. The molecule has 71 heavy (non-hydrogen) atoms. The van der Waals surface area contributed by atoms with Gasteiger partial charge in [-0.2, -0.15) is 0 Å². The Morgan fingerprint density at radius 1 is 0.437 bits per heavy atom. The van der Waals surface area contributed by atoms with Crippen LogP contribution in [0.5, 0.6) is 0 Å². The van der Waals surface area contributed by atoms with Gasteiger partial charge in [0, 0.05) is 93.6 Å². The van der Waals surface area contributed by atoms with E-state index in [1.807, 2.05) is 146 Å². The molecular weight excluding hydrogens is 889 g/mol. The molecule has 6 aromatic carbocycles. The van der Waals surface area contributed by atoms with Crippen LogP contribution in [0, 0.1) is 0 Å². The number of benzene rings is 6. The average Bonchev–Trinajstić information content (AvgIpc) is 4.25. The van der Waals surface area contributed by atoms with E-state index in [-0.39, 0.29) is 38.2 Å². The number of aromatic amines is 4. The summed E-state index contributed by atoms with van der Waals surface area (Å²) in [6.45, 7) is 0.0558. The first-order chi connectivity index (χ1) is 34.8. The number of aromatic nitrogens is 4. The zero-order chi connectivity index (χ0) is 48.4. The zero-order valence-electron chi connectivity index (χ0n) is 38.7. The second-order valence-electron chi connectivity index (χ2n) is 18.4. The predicted octanol–water partition coefficient (Wildman–Crippen LogP) is 8.02. The van der Waals surface area contributed by atoms with Gasteiger partial charge in [0.05, 0.1) is 6.04 Å². The molecule has 0 unspecified atom stereocenters. The number of carbonyl (C=O) groups excluding carboxylic acids is 4. The van der Waals surface area contributed by atoms with Crippen molar-refractivity contribution >= 4 is 67.3 Å². The summed E-state index contributed by atoms with van der Waals surface area (Å²) in [5, 5.41) is 12.7. The summed E-state index contributed by atoms with van der Waals surface area (Å²) < 4.78 is 6.23. The Balaban J connectivity index is 0.895. The Morgan fingerprint density at radius 2 is 0.775 bits per heavy atom. The van der Waals surface area contributed by atoms with Crippen LogP contribution in [0.15, 0.2) is 170 Å². The van der Waals surface area contributed by atoms with Crippen LogP contribution < -0.4 is 21.7 Å². The fourth-order valence-electron chi connectivity index (χ4n) is 10.3. The molecule has 0 spiro atoms. The Bertz CT molecular complexity index is 3560. The van der Waals surface area contributed by atoms with E-state index in [1.165, 1.54) is 0 Å². The average molecular weight is 941 g/mol. The van der Waals surface area contributed by atoms with Gasteiger partial charge in [0.1, 0.15) is 24.7 Å². The fourth-order valence-corrected chi connectivity index (χ4v) is 10.3. The minimum absolute atomic E-state index is 0.0555. The molecule has 354 valence electrons. The number of ether oxygens (including phenoxy) is 1. The largest absolute Gasteiger partial charge is 0.463 e. The normalized spacial score (nSPS) is 13.9. The van der Waals surface area contributed by atoms with Crippen LogP contribution in [0.4, 0.5) is 0 Å². The monoisotopic (exact) mass is 940 g/mol. The zero-order valence-corrected chi connectivity index (χ0v) is 38.7. The van der Waals surface area contributed by atoms with Gasteiger partial charge in [-0.15, -0.1) is 0 Å². The highest BCUT2D eigenvalue weighted by atomic mass is 16.5. The van der Waals surface area contributed by atoms with Gasteiger partial charge in [0.15, 0.2) is 0 Å². The lowest BCUT2D eigenvalue weighted by Crippen LogP contribution is -2.58. The van der Waals surface area contributed by atoms with Crippen LogP contribution in [0.25, 0.3) is 54.7 Å². The first kappa shape index (κ1) is 44.8. The first-order valence-electron chi connectivity index (χ1n) is 24.0. The number of esters is 1. The molecule has 3 amide bonds. The van der Waals surface area contributed by atoms with Crippen LogP contribution in [-0.4, -0.2) is 74.4 Å². The third kappa shape index (κ3) is 9.06. The van der Waals surface area contributed by atoms with Crippen LogP contribution >= 0.6 is 0 Å². The van der Waals surface area contributed by atoms with E-state index in [0.29, 0.717) is 0 Å². The molecule has 0 saturated heterocycles. The van der Waals surface area contributed by atoms with Gasteiger partial charge in [-0.25, -0.2) is 4.79 Å². The van der Waals surface area contributed by atoms with Crippen molar-refractivity contribution in [2.45, 2.75) is 55.8 Å². The SMILES string of the molecule is N[C@@H](Cc1c[nH]c2ccccc12)C(=O)N[C@@H](Cc1c[nH]c2ccccc12)C(=O)N[C@@H](Cc1c[nH]c2ccccc12)C(=O)N[C@@H](Cc1c[nH]c2ccccc12)C(=O)OCC1c2ccccc2-c2ccccc21. The van der Waals surface area contributed by atoms with Crippen LogP contribution in [0.3, 0.4) is 0 Å². The smallest absolute Gasteiger partial charge is 0.329 e. The van der Waals surface area contributed by atoms with Gasteiger partial charge in [-0.1, -0.05) is 121 Å². The summed E-state index contributed by atoms with van der Waals surface area (Å²) >= 11 is 0. The molecule has 4 aromatic heterocycles. The number of amides is 3. The Labute approximate surface area is 408 Å². The van der Waals surface area contributed by atoms with Crippen molar-refractivity contribution in [2.24, 2.45) is 5.73 Å². The van der Waals surface area contributed by atoms with E-state index in [0.717, 1.165) is 88.1 Å². The molecule has 13 heteroatoms. The van der Waals surface area contributed by atoms with Gasteiger partial charge in [-0.3, -0.25) is 14.4 Å². The predicted molar refractivity (Wildman–Crippen MR) is 276 cm³/mol. The van der Waals surface area contributed by atoms with E-state index in [2.05, 4.69) is 60.2 Å². The van der Waals surface area contributed by atoms with Crippen molar-refractivity contribution in [3.63, 3.8) is 0 Å². The van der Waals surface area contributed by atoms with Crippen molar-refractivity contribution < 1.29 is 23.9 Å². The quantitative estimate of drug-likeness (QED) is 0.0425. The lowest BCUT2D eigenvalue weighted by Gasteiger charge is -2.26. The molecular formula is C58H52N8O5. The van der Waals surface area contributed by atoms with Crippen molar-refractivity contribution in [1.82, 2.24) is 35.9 Å². The number of H-pyrrole nitrogens is 4. The topological polar surface area (TPSA) is 203 Å². The van der Waals surface area contributed by atoms with Crippen LogP contribution in [-0.2, 0) is 49.6 Å². The van der Waals surface area contributed by atoms with E-state index in [4.69, 9.17) is 10.5 Å². The van der Waals surface area contributed by atoms with Gasteiger partial charge < -0.3 is 46.4 Å². The Kier molecular flexibility index (Phi) is 12.2. The summed E-state index contributed by atoms with van der Waals surface area (Å²) in [6.07, 6.45) is 7.79. The molecule has 0 saturated carbocycles. The van der Waals surface area contributed by atoms with Gasteiger partial charge in [0.25, 0.3) is 0 Å². The van der Waals surface area contributed by atoms with Crippen LogP contribution in [0.2, 0.25) is 0 Å². The van der Waals surface area contributed by atoms with Crippen molar-refractivity contribution in [2.75, 3.05) is 6.61 Å². The van der Waals surface area contributed by atoms with E-state index in [1.54, 1.807) is 0 Å². The molecule has 0 bridgehead atoms. The summed E-state index contributed by atoms with van der Waals surface area (Å²) in [7, 11) is 0. The molecule has 11 rings (SSSR count). The minimum Gasteiger partial charge on any atom is -0.463 e. The minimum atomic E-state index is -1.21. The summed E-state index contributed by atoms with van der Waals surface area (Å²) in [6, 6.07) is 42.7. The second kappa shape index (κ2) is 19.4. The molecule has 13 nitrogen and oxygen atoms in total. The Morgan fingerprint density at radius 3 is 1.21 bits per heavy atom. The molecule has 1 aliphatic carbocycles. The Hall–Kier alpha value is -8.68. The summed E-state index contributed by atoms with van der Waals surface area (Å²) in [4.78, 5) is 71.9. The number of rotatable bonds is 17. The molecule has 0 fully saturated rings. The number of hydrogen-bond donors (Lipinski definition) is 8. The van der Waals surface area contributed by atoms with E-state index < -0.39 is 47.9 Å². The lowest BCUT2D eigenvalue weighted by molar-refractivity contribution is -0.148. The van der Waals surface area contributed by atoms with Gasteiger partial charge in [-0.05, 0) is 75.2 Å². The maximum atomic E-state index is 15.1. The number of hydrogen-bond acceptors (Lipinski definition) is 6. The van der Waals surface area contributed by atoms with E-state index >= 15 is 4.79 Å². The van der Waals surface area contributed by atoms with Gasteiger partial charge in [0.2, 0.25) is 17.7 Å². The highest BCUT2D eigenvalue weighted by molar-refractivity contribution is 5.96. The number of fused-ring (bicyclic) bond motifs is 7. The molecule has 0 aliphatic heterocycles. The molecule has 4 heterocycles. The number of nitrogens with one attached hydrogen (secondary N) is 7. The maximum absolute atomic E-state index is 15.1. The summed E-state index contributed by atoms with van der Waals surface area (Å²) in [5.41, 5.74) is 17.7. The molecule has 9 N–H and O–H groups in total. The lowest BCUT2D eigenvalue weighted by atomic mass is 9.98. The first-order valence-corrected chi connectivity index (χ1v) is 24.0. The highest BCUT2D eigenvalue weighted by Crippen LogP contribution is 2.44. The van der Waals surface area contributed by atoms with E-state index in [9.17, 15) is 14.4 Å². The van der Waals surface area contributed by atoms with Crippen LogP contribution in [0.1, 0.15) is 39.3 Å². The molecule has 0 radical (unpaired) electrons. The maximum Gasteiger partial charge on any atom is 0.329 e. The third-order valence-corrected chi connectivity index (χ3v) is 14.0. The number of carbonyl (C=O) groups is 4. The highest BCUT2D eigenvalue weighted by Gasteiger charge is 2.35. The van der Waals surface area contributed by atoms with Gasteiger partial charge >= 0.3 is 5.97 Å². The third-order valence-electron chi connectivity index (χ3n) is 14.0.